The van der Waals surface area contributed by atoms with Crippen LogP contribution in [0, 0.1) is 11.6 Å². The van der Waals surface area contributed by atoms with E-state index in [1.807, 2.05) is 0 Å². The molecule has 1 aromatic carbocycles. The van der Waals surface area contributed by atoms with Crippen LogP contribution < -0.4 is 0 Å². The fourth-order valence-electron chi connectivity index (χ4n) is 1.11. The lowest BCUT2D eigenvalue weighted by Crippen LogP contribution is -2.12. The zero-order valence-corrected chi connectivity index (χ0v) is 7.61. The van der Waals surface area contributed by atoms with Crippen LogP contribution in [0.15, 0.2) is 12.1 Å². The minimum Gasteiger partial charge on any atom is -0.481 e. The number of aliphatic carboxylic acids is 1. The van der Waals surface area contributed by atoms with Gasteiger partial charge in [-0.2, -0.15) is 13.2 Å². The second-order valence-corrected chi connectivity index (χ2v) is 2.97. The summed E-state index contributed by atoms with van der Waals surface area (Å²) in [4.78, 5) is 10.2. The van der Waals surface area contributed by atoms with Crippen molar-refractivity contribution >= 4 is 5.97 Å². The van der Waals surface area contributed by atoms with Gasteiger partial charge < -0.3 is 5.11 Å². The number of alkyl halides is 3. The molecule has 0 spiro atoms. The topological polar surface area (TPSA) is 37.3 Å². The van der Waals surface area contributed by atoms with Crippen LogP contribution in [0.5, 0.6) is 0 Å². The zero-order valence-electron chi connectivity index (χ0n) is 7.61. The van der Waals surface area contributed by atoms with Gasteiger partial charge in [0.2, 0.25) is 0 Å². The molecule has 0 aliphatic heterocycles. The maximum Gasteiger partial charge on any atom is 0.419 e. The van der Waals surface area contributed by atoms with E-state index in [-0.39, 0.29) is 0 Å². The van der Waals surface area contributed by atoms with Crippen LogP contribution in [0.4, 0.5) is 22.0 Å². The van der Waals surface area contributed by atoms with Crippen molar-refractivity contribution in [2.45, 2.75) is 12.6 Å². The molecule has 88 valence electrons. The number of carboxylic acid groups (broad SMARTS) is 1. The summed E-state index contributed by atoms with van der Waals surface area (Å²) < 4.78 is 62.2. The Balaban J connectivity index is 3.24. The van der Waals surface area contributed by atoms with E-state index in [1.165, 1.54) is 0 Å². The smallest absolute Gasteiger partial charge is 0.419 e. The molecule has 0 bridgehead atoms. The van der Waals surface area contributed by atoms with E-state index >= 15 is 0 Å². The molecule has 0 unspecified atom stereocenters. The van der Waals surface area contributed by atoms with Crippen LogP contribution in [-0.2, 0) is 17.4 Å². The normalized spacial score (nSPS) is 11.6. The molecule has 0 radical (unpaired) electrons. The van der Waals surface area contributed by atoms with Crippen molar-refractivity contribution in [2.24, 2.45) is 0 Å². The molecule has 0 aliphatic carbocycles. The fraction of sp³-hybridized carbons (Fsp3) is 0.222. The molecule has 0 saturated heterocycles. The summed E-state index contributed by atoms with van der Waals surface area (Å²) in [7, 11) is 0. The van der Waals surface area contributed by atoms with Crippen LogP contribution in [0.1, 0.15) is 11.1 Å². The van der Waals surface area contributed by atoms with Crippen molar-refractivity contribution in [3.63, 3.8) is 0 Å². The van der Waals surface area contributed by atoms with Gasteiger partial charge in [0, 0.05) is 5.56 Å². The first-order valence-electron chi connectivity index (χ1n) is 3.99. The standard InChI is InChI=1S/C9H5F5O2/c10-7-4(3-6(15)16)1-2-5(8(7)11)9(12,13)14/h1-2H,3H2,(H,15,16). The van der Waals surface area contributed by atoms with E-state index in [9.17, 15) is 26.7 Å². The third-order valence-electron chi connectivity index (χ3n) is 1.81. The largest absolute Gasteiger partial charge is 0.481 e. The highest BCUT2D eigenvalue weighted by Gasteiger charge is 2.36. The van der Waals surface area contributed by atoms with Crippen LogP contribution in [0.3, 0.4) is 0 Å². The number of carboxylic acids is 1. The summed E-state index contributed by atoms with van der Waals surface area (Å²) in [6.07, 6.45) is -5.88. The zero-order chi connectivity index (χ0) is 12.5. The molecule has 1 N–H and O–H groups in total. The average Bonchev–Trinajstić information content (AvgIpc) is 2.10. The Morgan fingerprint density at radius 2 is 1.75 bits per heavy atom. The lowest BCUT2D eigenvalue weighted by Gasteiger charge is -2.09. The second-order valence-electron chi connectivity index (χ2n) is 2.97. The van der Waals surface area contributed by atoms with Crippen LogP contribution >= 0.6 is 0 Å². The molecule has 2 nitrogen and oxygen atoms in total. The van der Waals surface area contributed by atoms with Crippen LogP contribution in [0.25, 0.3) is 0 Å². The van der Waals surface area contributed by atoms with Crippen LogP contribution in [0.2, 0.25) is 0 Å². The molecule has 7 heteroatoms. The van der Waals surface area contributed by atoms with Crippen molar-refractivity contribution in [3.8, 4) is 0 Å². The number of hydrogen-bond acceptors (Lipinski definition) is 1. The number of rotatable bonds is 2. The van der Waals surface area contributed by atoms with E-state index < -0.39 is 41.3 Å². The minimum atomic E-state index is -5.01. The SMILES string of the molecule is O=C(O)Cc1ccc(C(F)(F)F)c(F)c1F. The number of benzene rings is 1. The molecule has 0 atom stereocenters. The predicted molar refractivity (Wildman–Crippen MR) is 42.7 cm³/mol. The highest BCUT2D eigenvalue weighted by Crippen LogP contribution is 2.33. The van der Waals surface area contributed by atoms with E-state index in [0.717, 1.165) is 0 Å². The Hall–Kier alpha value is -1.66. The molecule has 1 aromatic rings. The van der Waals surface area contributed by atoms with Gasteiger partial charge in [-0.05, 0) is 6.07 Å². The fourth-order valence-corrected chi connectivity index (χ4v) is 1.11. The summed E-state index contributed by atoms with van der Waals surface area (Å²) >= 11 is 0. The monoisotopic (exact) mass is 240 g/mol. The van der Waals surface area contributed by atoms with E-state index in [0.29, 0.717) is 12.1 Å². The van der Waals surface area contributed by atoms with Crippen molar-refractivity contribution in [1.29, 1.82) is 0 Å². The molecule has 0 heterocycles. The van der Waals surface area contributed by atoms with Gasteiger partial charge in [-0.25, -0.2) is 8.78 Å². The van der Waals surface area contributed by atoms with Gasteiger partial charge in [-0.3, -0.25) is 4.79 Å². The number of halogens is 5. The lowest BCUT2D eigenvalue weighted by molar-refractivity contribution is -0.140. The summed E-state index contributed by atoms with van der Waals surface area (Å²) in [5.41, 5.74) is -2.38. The first-order chi connectivity index (χ1) is 7.23. The summed E-state index contributed by atoms with van der Waals surface area (Å²) in [5, 5.41) is 8.30. The van der Waals surface area contributed by atoms with Gasteiger partial charge in [0.25, 0.3) is 0 Å². The highest BCUT2D eigenvalue weighted by atomic mass is 19.4. The quantitative estimate of drug-likeness (QED) is 0.807. The van der Waals surface area contributed by atoms with Gasteiger partial charge in [0.1, 0.15) is 0 Å². The first kappa shape index (κ1) is 12.4. The summed E-state index contributed by atoms with van der Waals surface area (Å²) in [5.74, 6) is -5.32. The van der Waals surface area contributed by atoms with Gasteiger partial charge in [-0.1, -0.05) is 6.07 Å². The van der Waals surface area contributed by atoms with Crippen LogP contribution in [-0.4, -0.2) is 11.1 Å². The minimum absolute atomic E-state index is 0.316. The molecular formula is C9H5F5O2. The average molecular weight is 240 g/mol. The maximum absolute atomic E-state index is 13.0. The number of hydrogen-bond donors (Lipinski definition) is 1. The van der Waals surface area contributed by atoms with Crippen molar-refractivity contribution in [1.82, 2.24) is 0 Å². The third kappa shape index (κ3) is 2.47. The maximum atomic E-state index is 13.0. The van der Waals surface area contributed by atoms with Crippen molar-refractivity contribution in [2.75, 3.05) is 0 Å². The molecule has 1 rings (SSSR count). The van der Waals surface area contributed by atoms with Crippen molar-refractivity contribution in [3.05, 3.63) is 34.9 Å². The van der Waals surface area contributed by atoms with Crippen molar-refractivity contribution < 1.29 is 31.9 Å². The Kier molecular flexibility index (Phi) is 3.16. The van der Waals surface area contributed by atoms with E-state index in [1.54, 1.807) is 0 Å². The molecule has 0 aromatic heterocycles. The van der Waals surface area contributed by atoms with Gasteiger partial charge in [0.15, 0.2) is 11.6 Å². The molecule has 0 aliphatic rings. The number of carbonyl (C=O) groups is 1. The highest BCUT2D eigenvalue weighted by molar-refractivity contribution is 5.70. The third-order valence-corrected chi connectivity index (χ3v) is 1.81. The predicted octanol–water partition coefficient (Wildman–Crippen LogP) is 2.61. The Bertz CT molecular complexity index is 425. The van der Waals surface area contributed by atoms with Gasteiger partial charge in [-0.15, -0.1) is 0 Å². The molecule has 16 heavy (non-hydrogen) atoms. The molecule has 0 saturated carbocycles. The molecule has 0 fully saturated rings. The van der Waals surface area contributed by atoms with Gasteiger partial charge >= 0.3 is 12.1 Å². The van der Waals surface area contributed by atoms with E-state index in [4.69, 9.17) is 5.11 Å². The molecular weight excluding hydrogens is 235 g/mol. The second kappa shape index (κ2) is 4.07. The van der Waals surface area contributed by atoms with E-state index in [2.05, 4.69) is 0 Å². The Labute approximate surface area is 86.3 Å². The summed E-state index contributed by atoms with van der Waals surface area (Å²) in [6.45, 7) is 0. The summed E-state index contributed by atoms with van der Waals surface area (Å²) in [6, 6.07) is 0.923. The Morgan fingerprint density at radius 1 is 1.19 bits per heavy atom. The molecule has 0 amide bonds. The Morgan fingerprint density at radius 3 is 2.19 bits per heavy atom. The van der Waals surface area contributed by atoms with Gasteiger partial charge in [0.05, 0.1) is 12.0 Å². The first-order valence-corrected chi connectivity index (χ1v) is 3.99. The lowest BCUT2D eigenvalue weighted by atomic mass is 10.1.